The maximum atomic E-state index is 2.41. The first-order valence-corrected chi connectivity index (χ1v) is 18.7. The van der Waals surface area contributed by atoms with Crippen molar-refractivity contribution in [2.45, 2.75) is 32.1 Å². The van der Waals surface area contributed by atoms with Crippen molar-refractivity contribution >= 4 is 44.4 Å². The number of para-hydroxylation sites is 2. The second-order valence-corrected chi connectivity index (χ2v) is 14.9. The molecule has 0 fully saturated rings. The summed E-state index contributed by atoms with van der Waals surface area (Å²) in [7, 11) is 0. The Morgan fingerprint density at radius 2 is 1.17 bits per heavy atom. The van der Waals surface area contributed by atoms with E-state index in [1.54, 1.807) is 0 Å². The van der Waals surface area contributed by atoms with E-state index in [0.29, 0.717) is 0 Å². The third kappa shape index (κ3) is 5.17. The predicted octanol–water partition coefficient (Wildman–Crippen LogP) is 14.0. The van der Waals surface area contributed by atoms with E-state index in [4.69, 9.17) is 0 Å². The summed E-state index contributed by atoms with van der Waals surface area (Å²) in [6.45, 7) is 4.70. The van der Waals surface area contributed by atoms with Crippen molar-refractivity contribution < 1.29 is 0 Å². The van der Waals surface area contributed by atoms with E-state index >= 15 is 0 Å². The van der Waals surface area contributed by atoms with Gasteiger partial charge in [-0.25, -0.2) is 0 Å². The van der Waals surface area contributed by atoms with Crippen LogP contribution in [0.5, 0.6) is 0 Å². The molecule has 53 heavy (non-hydrogen) atoms. The van der Waals surface area contributed by atoms with E-state index in [0.717, 1.165) is 29.9 Å². The van der Waals surface area contributed by atoms with Crippen molar-refractivity contribution in [2.75, 3.05) is 4.90 Å². The number of hydrogen-bond donors (Lipinski definition) is 0. The highest BCUT2D eigenvalue weighted by molar-refractivity contribution is 6.10. The van der Waals surface area contributed by atoms with Crippen LogP contribution in [0.2, 0.25) is 0 Å². The van der Waals surface area contributed by atoms with Crippen molar-refractivity contribution in [1.29, 1.82) is 0 Å². The maximum Gasteiger partial charge on any atom is 0.0541 e. The van der Waals surface area contributed by atoms with Gasteiger partial charge >= 0.3 is 0 Å². The first kappa shape index (κ1) is 31.4. The van der Waals surface area contributed by atoms with E-state index in [1.165, 1.54) is 72.0 Å². The van der Waals surface area contributed by atoms with Crippen LogP contribution in [0.15, 0.2) is 182 Å². The van der Waals surface area contributed by atoms with Crippen molar-refractivity contribution in [3.63, 3.8) is 0 Å². The van der Waals surface area contributed by atoms with Gasteiger partial charge in [0.1, 0.15) is 0 Å². The van der Waals surface area contributed by atoms with Gasteiger partial charge < -0.3 is 9.47 Å². The summed E-state index contributed by atoms with van der Waals surface area (Å²) in [5, 5.41) is 2.53. The molecule has 0 saturated carbocycles. The number of anilines is 3. The SMILES string of the molecule is CC1(C)c2ccccc2-c2ccc(N(c3ccccc3)c3ccc(-c4ccc5c(c4)c4ccccc4n5-c4ccc(C5=CC=CCC5)cc4)cc3)cc21. The Labute approximate surface area is 311 Å². The number of fused-ring (bicyclic) bond motifs is 6. The number of nitrogens with zero attached hydrogens (tertiary/aromatic N) is 2. The minimum Gasteiger partial charge on any atom is -0.310 e. The average Bonchev–Trinajstić information content (AvgIpc) is 3.67. The lowest BCUT2D eigenvalue weighted by molar-refractivity contribution is 0.660. The molecule has 0 bridgehead atoms. The van der Waals surface area contributed by atoms with Gasteiger partial charge in [-0.2, -0.15) is 0 Å². The van der Waals surface area contributed by atoms with Gasteiger partial charge in [-0.1, -0.05) is 129 Å². The standard InChI is InChI=1S/C51H40N2/c1-51(2)47-19-11-9-17-43(47)44-31-30-42(34-48(44)51)52(39-15-7-4-8-16-39)40-26-23-37(24-27-40)38-25-32-50-46(33-38)45-18-10-12-20-49(45)53(50)41-28-21-36(22-29-41)35-13-5-3-6-14-35/h3-5,7-13,15-34H,6,14H2,1-2H3. The number of rotatable bonds is 6. The molecule has 2 heteroatoms. The van der Waals surface area contributed by atoms with Gasteiger partial charge in [0.2, 0.25) is 0 Å². The molecule has 0 radical (unpaired) electrons. The summed E-state index contributed by atoms with van der Waals surface area (Å²) in [5.41, 5.74) is 17.6. The highest BCUT2D eigenvalue weighted by Gasteiger charge is 2.35. The molecule has 8 aromatic rings. The fraction of sp³-hybridized carbons (Fsp3) is 0.0980. The van der Waals surface area contributed by atoms with E-state index in [-0.39, 0.29) is 5.41 Å². The molecule has 2 aliphatic rings. The van der Waals surface area contributed by atoms with E-state index < -0.39 is 0 Å². The monoisotopic (exact) mass is 680 g/mol. The van der Waals surface area contributed by atoms with Gasteiger partial charge in [0.05, 0.1) is 11.0 Å². The van der Waals surface area contributed by atoms with Crippen molar-refractivity contribution in [1.82, 2.24) is 4.57 Å². The van der Waals surface area contributed by atoms with Crippen LogP contribution in [0.4, 0.5) is 17.1 Å². The second-order valence-electron chi connectivity index (χ2n) is 14.9. The van der Waals surface area contributed by atoms with Gasteiger partial charge in [0, 0.05) is 38.9 Å². The molecule has 0 unspecified atom stereocenters. The van der Waals surface area contributed by atoms with Gasteiger partial charge in [0.15, 0.2) is 0 Å². The molecule has 0 spiro atoms. The van der Waals surface area contributed by atoms with Crippen LogP contribution in [0.1, 0.15) is 43.4 Å². The van der Waals surface area contributed by atoms with Gasteiger partial charge in [-0.15, -0.1) is 0 Å². The Bertz CT molecular complexity index is 2720. The van der Waals surface area contributed by atoms with E-state index in [1.807, 2.05) is 0 Å². The van der Waals surface area contributed by atoms with Crippen molar-refractivity contribution in [3.8, 4) is 27.9 Å². The van der Waals surface area contributed by atoms with Crippen LogP contribution in [0, 0.1) is 0 Å². The summed E-state index contributed by atoms with van der Waals surface area (Å²) in [6, 6.07) is 60.5. The zero-order chi connectivity index (χ0) is 35.5. The first-order chi connectivity index (χ1) is 26.0. The zero-order valence-electron chi connectivity index (χ0n) is 30.1. The Morgan fingerprint density at radius 1 is 0.509 bits per heavy atom. The smallest absolute Gasteiger partial charge is 0.0541 e. The molecule has 254 valence electrons. The molecule has 0 saturated heterocycles. The van der Waals surface area contributed by atoms with Crippen molar-refractivity contribution in [2.24, 2.45) is 0 Å². The quantitative estimate of drug-likeness (QED) is 0.170. The van der Waals surface area contributed by atoms with Crippen LogP contribution in [0.25, 0.3) is 55.3 Å². The molecule has 7 aromatic carbocycles. The molecule has 0 aliphatic heterocycles. The average molecular weight is 681 g/mol. The molecular weight excluding hydrogens is 641 g/mol. The molecule has 2 aliphatic carbocycles. The third-order valence-corrected chi connectivity index (χ3v) is 11.5. The predicted molar refractivity (Wildman–Crippen MR) is 225 cm³/mol. The minimum absolute atomic E-state index is 0.0655. The Kier molecular flexibility index (Phi) is 7.33. The van der Waals surface area contributed by atoms with Crippen LogP contribution in [-0.4, -0.2) is 4.57 Å². The lowest BCUT2D eigenvalue weighted by Gasteiger charge is -2.28. The lowest BCUT2D eigenvalue weighted by atomic mass is 9.82. The second kappa shape index (κ2) is 12.4. The number of hydrogen-bond acceptors (Lipinski definition) is 1. The number of benzene rings is 7. The van der Waals surface area contributed by atoms with Crippen molar-refractivity contribution in [3.05, 3.63) is 199 Å². The van der Waals surface area contributed by atoms with Gasteiger partial charge in [-0.05, 0) is 124 Å². The van der Waals surface area contributed by atoms with Crippen LogP contribution >= 0.6 is 0 Å². The first-order valence-electron chi connectivity index (χ1n) is 18.7. The highest BCUT2D eigenvalue weighted by Crippen LogP contribution is 2.50. The summed E-state index contributed by atoms with van der Waals surface area (Å²) in [4.78, 5) is 2.38. The fourth-order valence-corrected chi connectivity index (χ4v) is 8.76. The molecule has 0 amide bonds. The molecule has 0 N–H and O–H groups in total. The maximum absolute atomic E-state index is 2.41. The topological polar surface area (TPSA) is 8.17 Å². The minimum atomic E-state index is -0.0655. The Balaban J connectivity index is 1.02. The lowest BCUT2D eigenvalue weighted by Crippen LogP contribution is -2.16. The summed E-state index contributed by atoms with van der Waals surface area (Å²) < 4.78 is 2.41. The Hall–Kier alpha value is -6.38. The van der Waals surface area contributed by atoms with Gasteiger partial charge in [0.25, 0.3) is 0 Å². The fourth-order valence-electron chi connectivity index (χ4n) is 8.76. The third-order valence-electron chi connectivity index (χ3n) is 11.5. The molecule has 0 atom stereocenters. The number of aromatic nitrogens is 1. The molecular formula is C51H40N2. The highest BCUT2D eigenvalue weighted by atomic mass is 15.1. The normalized spacial score (nSPS) is 14.3. The molecule has 1 heterocycles. The molecule has 2 nitrogen and oxygen atoms in total. The van der Waals surface area contributed by atoms with E-state index in [9.17, 15) is 0 Å². The molecule has 1 aromatic heterocycles. The zero-order valence-corrected chi connectivity index (χ0v) is 30.1. The van der Waals surface area contributed by atoms with E-state index in [2.05, 4.69) is 205 Å². The Morgan fingerprint density at radius 3 is 1.98 bits per heavy atom. The van der Waals surface area contributed by atoms with Crippen LogP contribution in [-0.2, 0) is 5.41 Å². The summed E-state index contributed by atoms with van der Waals surface area (Å²) in [5.74, 6) is 0. The van der Waals surface area contributed by atoms with Gasteiger partial charge in [-0.3, -0.25) is 0 Å². The van der Waals surface area contributed by atoms with Crippen LogP contribution in [0.3, 0.4) is 0 Å². The molecule has 10 rings (SSSR count). The largest absolute Gasteiger partial charge is 0.310 e. The number of allylic oxidation sites excluding steroid dienone is 4. The summed E-state index contributed by atoms with van der Waals surface area (Å²) in [6.07, 6.45) is 8.88. The van der Waals surface area contributed by atoms with Crippen LogP contribution < -0.4 is 4.90 Å². The summed E-state index contributed by atoms with van der Waals surface area (Å²) >= 11 is 0.